The van der Waals surface area contributed by atoms with Gasteiger partial charge in [-0.2, -0.15) is 0 Å². The first kappa shape index (κ1) is 14.8. The lowest BCUT2D eigenvalue weighted by molar-refractivity contribution is 0.465. The van der Waals surface area contributed by atoms with Crippen molar-refractivity contribution in [3.05, 3.63) is 60.0 Å². The van der Waals surface area contributed by atoms with Crippen molar-refractivity contribution in [3.63, 3.8) is 0 Å². The molecule has 0 aliphatic rings. The molecule has 1 N–H and O–H groups in total. The van der Waals surface area contributed by atoms with Crippen molar-refractivity contribution in [2.45, 2.75) is 0 Å². The summed E-state index contributed by atoms with van der Waals surface area (Å²) in [5, 5.41) is 3.94. The Morgan fingerprint density at radius 1 is 0.958 bits per heavy atom. The first-order valence-electron chi connectivity index (χ1n) is 7.02. The quantitative estimate of drug-likeness (QED) is 0.536. The number of nitrogens with zero attached hydrogens (tertiary/aromatic N) is 4. The van der Waals surface area contributed by atoms with E-state index >= 15 is 0 Å². The van der Waals surface area contributed by atoms with Crippen molar-refractivity contribution in [2.75, 3.05) is 5.32 Å². The lowest BCUT2D eigenvalue weighted by Gasteiger charge is -2.03. The van der Waals surface area contributed by atoms with E-state index in [1.807, 2.05) is 36.4 Å². The fraction of sp³-hybridized carbons (Fsp3) is 0. The van der Waals surface area contributed by atoms with Crippen LogP contribution in [0.15, 0.2) is 54.7 Å². The number of hydrogen-bond acceptors (Lipinski definition) is 7. The number of thiazole rings is 1. The highest BCUT2D eigenvalue weighted by molar-refractivity contribution is 7.21. The van der Waals surface area contributed by atoms with Crippen molar-refractivity contribution < 1.29 is 4.74 Å². The van der Waals surface area contributed by atoms with Crippen LogP contribution in [0, 0.1) is 0 Å². The molecule has 4 aromatic rings. The monoisotopic (exact) mass is 355 g/mol. The van der Waals surface area contributed by atoms with E-state index in [2.05, 4.69) is 25.3 Å². The summed E-state index contributed by atoms with van der Waals surface area (Å²) in [6.07, 6.45) is 1.58. The van der Waals surface area contributed by atoms with Crippen LogP contribution >= 0.6 is 22.9 Å². The van der Waals surface area contributed by atoms with E-state index in [9.17, 15) is 0 Å². The van der Waals surface area contributed by atoms with E-state index in [1.54, 1.807) is 18.3 Å². The number of benzene rings is 1. The van der Waals surface area contributed by atoms with Gasteiger partial charge in [-0.05, 0) is 35.9 Å². The number of hydrogen-bond donors (Lipinski definition) is 1. The number of rotatable bonds is 4. The fourth-order valence-electron chi connectivity index (χ4n) is 2.03. The minimum Gasteiger partial charge on any atom is -0.439 e. The summed E-state index contributed by atoms with van der Waals surface area (Å²) in [6, 6.07) is 14.9. The Balaban J connectivity index is 1.59. The van der Waals surface area contributed by atoms with Crippen LogP contribution in [0.1, 0.15) is 0 Å². The Hall–Kier alpha value is -2.77. The minimum atomic E-state index is 0.179. The fourth-order valence-corrected chi connectivity index (χ4v) is 3.02. The summed E-state index contributed by atoms with van der Waals surface area (Å²) in [6.45, 7) is 0. The van der Waals surface area contributed by atoms with Gasteiger partial charge in [0.05, 0.1) is 0 Å². The second-order valence-corrected chi connectivity index (χ2v) is 6.06. The topological polar surface area (TPSA) is 72.8 Å². The van der Waals surface area contributed by atoms with Gasteiger partial charge in [0.25, 0.3) is 0 Å². The van der Waals surface area contributed by atoms with E-state index in [1.165, 1.54) is 11.3 Å². The smallest absolute Gasteiger partial charge is 0.224 e. The Bertz CT molecular complexity index is 992. The van der Waals surface area contributed by atoms with Crippen LogP contribution in [0.3, 0.4) is 0 Å². The molecular weight excluding hydrogens is 346 g/mol. The largest absolute Gasteiger partial charge is 0.439 e. The van der Waals surface area contributed by atoms with Crippen LogP contribution in [0.4, 0.5) is 10.9 Å². The molecule has 0 saturated heterocycles. The normalized spacial score (nSPS) is 10.7. The Morgan fingerprint density at radius 2 is 1.83 bits per heavy atom. The second-order valence-electron chi connectivity index (χ2n) is 4.74. The molecule has 0 aliphatic heterocycles. The number of fused-ring (bicyclic) bond motifs is 1. The molecule has 0 saturated carbocycles. The molecule has 118 valence electrons. The van der Waals surface area contributed by atoms with Crippen LogP contribution in [-0.4, -0.2) is 19.9 Å². The molecule has 8 heteroatoms. The van der Waals surface area contributed by atoms with Gasteiger partial charge in [0.2, 0.25) is 11.2 Å². The molecule has 0 atom stereocenters. The zero-order chi connectivity index (χ0) is 16.4. The molecule has 0 aliphatic carbocycles. The van der Waals surface area contributed by atoms with Crippen LogP contribution < -0.4 is 10.1 Å². The maximum atomic E-state index is 5.78. The molecule has 3 aromatic heterocycles. The SMILES string of the molecule is Clc1nccc(Nc2nc3ccc(Oc4ccccc4)nc3s2)n1. The molecule has 0 spiro atoms. The standard InChI is InChI=1S/C16H10ClN5OS/c17-15-18-9-8-12(20-15)21-16-19-11-6-7-13(22-14(11)24-16)23-10-4-2-1-3-5-10/h1-9H,(H,18,19,20,21). The third-order valence-corrected chi connectivity index (χ3v) is 4.12. The lowest BCUT2D eigenvalue weighted by Crippen LogP contribution is -1.93. The van der Waals surface area contributed by atoms with Crippen molar-refractivity contribution >= 4 is 44.2 Å². The van der Waals surface area contributed by atoms with Crippen LogP contribution in [0.25, 0.3) is 10.3 Å². The second kappa shape index (κ2) is 6.38. The molecule has 0 radical (unpaired) electrons. The molecule has 6 nitrogen and oxygen atoms in total. The summed E-state index contributed by atoms with van der Waals surface area (Å²) in [4.78, 5) is 17.6. The zero-order valence-electron chi connectivity index (χ0n) is 12.2. The van der Waals surface area contributed by atoms with Crippen molar-refractivity contribution in [2.24, 2.45) is 0 Å². The minimum absolute atomic E-state index is 0.179. The van der Waals surface area contributed by atoms with E-state index in [0.29, 0.717) is 16.8 Å². The van der Waals surface area contributed by atoms with Crippen LogP contribution in [0.2, 0.25) is 5.28 Å². The molecule has 0 amide bonds. The molecule has 0 bridgehead atoms. The predicted molar refractivity (Wildman–Crippen MR) is 94.3 cm³/mol. The van der Waals surface area contributed by atoms with Crippen molar-refractivity contribution in [3.8, 4) is 11.6 Å². The number of nitrogens with one attached hydrogen (secondary N) is 1. The van der Waals surface area contributed by atoms with Gasteiger partial charge in [-0.1, -0.05) is 29.5 Å². The van der Waals surface area contributed by atoms with Gasteiger partial charge in [-0.3, -0.25) is 0 Å². The Morgan fingerprint density at radius 3 is 2.67 bits per heavy atom. The van der Waals surface area contributed by atoms with Gasteiger partial charge >= 0.3 is 0 Å². The molecule has 1 aromatic carbocycles. The molecule has 24 heavy (non-hydrogen) atoms. The average molecular weight is 356 g/mol. The first-order valence-corrected chi connectivity index (χ1v) is 8.22. The molecule has 3 heterocycles. The molecule has 0 fully saturated rings. The third kappa shape index (κ3) is 3.27. The van der Waals surface area contributed by atoms with Gasteiger partial charge in [-0.15, -0.1) is 0 Å². The Labute approximate surface area is 146 Å². The summed E-state index contributed by atoms with van der Waals surface area (Å²) < 4.78 is 5.74. The van der Waals surface area contributed by atoms with E-state index in [-0.39, 0.29) is 5.28 Å². The van der Waals surface area contributed by atoms with Gasteiger partial charge < -0.3 is 10.1 Å². The third-order valence-electron chi connectivity index (χ3n) is 3.06. The van der Waals surface area contributed by atoms with Gasteiger partial charge in [0, 0.05) is 12.3 Å². The molecule has 4 rings (SSSR count). The molecule has 0 unspecified atom stereocenters. The number of para-hydroxylation sites is 1. The number of halogens is 1. The van der Waals surface area contributed by atoms with Crippen LogP contribution in [-0.2, 0) is 0 Å². The summed E-state index contributed by atoms with van der Waals surface area (Å²) >= 11 is 7.19. The van der Waals surface area contributed by atoms with Crippen LogP contribution in [0.5, 0.6) is 11.6 Å². The van der Waals surface area contributed by atoms with Gasteiger partial charge in [-0.25, -0.2) is 19.9 Å². The highest BCUT2D eigenvalue weighted by atomic mass is 35.5. The summed E-state index contributed by atoms with van der Waals surface area (Å²) in [5.74, 6) is 1.84. The van der Waals surface area contributed by atoms with Crippen molar-refractivity contribution in [1.29, 1.82) is 0 Å². The zero-order valence-corrected chi connectivity index (χ0v) is 13.8. The maximum Gasteiger partial charge on any atom is 0.224 e. The van der Waals surface area contributed by atoms with Crippen molar-refractivity contribution in [1.82, 2.24) is 19.9 Å². The summed E-state index contributed by atoms with van der Waals surface area (Å²) in [7, 11) is 0. The lowest BCUT2D eigenvalue weighted by atomic mass is 10.3. The van der Waals surface area contributed by atoms with E-state index in [4.69, 9.17) is 16.3 Å². The highest BCUT2D eigenvalue weighted by Crippen LogP contribution is 2.29. The number of anilines is 2. The number of pyridine rings is 1. The highest BCUT2D eigenvalue weighted by Gasteiger charge is 2.08. The average Bonchev–Trinajstić information content (AvgIpc) is 2.97. The maximum absolute atomic E-state index is 5.78. The molecular formula is C16H10ClN5OS. The number of aromatic nitrogens is 4. The first-order chi connectivity index (χ1) is 11.8. The van der Waals surface area contributed by atoms with E-state index < -0.39 is 0 Å². The number of ether oxygens (including phenoxy) is 1. The predicted octanol–water partition coefficient (Wildman–Crippen LogP) is 4.67. The van der Waals surface area contributed by atoms with Gasteiger partial charge in [0.1, 0.15) is 21.9 Å². The van der Waals surface area contributed by atoms with E-state index in [0.717, 1.165) is 16.1 Å². The Kier molecular flexibility index (Phi) is 3.94. The summed E-state index contributed by atoms with van der Waals surface area (Å²) in [5.41, 5.74) is 0.781. The van der Waals surface area contributed by atoms with Gasteiger partial charge in [0.15, 0.2) is 5.13 Å².